The Morgan fingerprint density at radius 3 is 3.00 bits per heavy atom. The van der Waals surface area contributed by atoms with Crippen LogP contribution in [0.2, 0.25) is 0 Å². The molecule has 1 saturated heterocycles. The number of carbonyl (C=O) groups excluding carboxylic acids is 1. The van der Waals surface area contributed by atoms with Crippen LogP contribution in [0.3, 0.4) is 0 Å². The Bertz CT molecular complexity index is 178. The third-order valence-corrected chi connectivity index (χ3v) is 4.19. The number of hydrogen-bond donors (Lipinski definition) is 1. The van der Waals surface area contributed by atoms with Crippen molar-refractivity contribution in [1.82, 2.24) is 5.32 Å². The van der Waals surface area contributed by atoms with Gasteiger partial charge in [0.15, 0.2) is 0 Å². The average Bonchev–Trinajstić information content (AvgIpc) is 2.51. The van der Waals surface area contributed by atoms with Crippen molar-refractivity contribution >= 4 is 18.2 Å². The first-order chi connectivity index (χ1) is 6.79. The third-order valence-electron chi connectivity index (χ3n) is 2.68. The molecule has 82 valence electrons. The van der Waals surface area contributed by atoms with Crippen LogP contribution in [0, 0.1) is 0 Å². The van der Waals surface area contributed by atoms with E-state index in [-0.39, 0.29) is 12.1 Å². The molecule has 4 heteroatoms. The van der Waals surface area contributed by atoms with E-state index in [0.717, 1.165) is 18.6 Å². The van der Waals surface area contributed by atoms with E-state index in [4.69, 9.17) is 5.73 Å². The summed E-state index contributed by atoms with van der Waals surface area (Å²) >= 11 is 1.84. The van der Waals surface area contributed by atoms with E-state index < -0.39 is 0 Å². The van der Waals surface area contributed by atoms with E-state index >= 15 is 0 Å². The Labute approximate surface area is 90.2 Å². The molecule has 1 heterocycles. The van der Waals surface area contributed by atoms with Gasteiger partial charge in [0.05, 0.1) is 0 Å². The Kier molecular flexibility index (Phi) is 5.33. The molecule has 1 aliphatic rings. The normalized spacial score (nSPS) is 31.7. The summed E-state index contributed by atoms with van der Waals surface area (Å²) in [5, 5.41) is 3.25. The first kappa shape index (κ1) is 11.9. The molecule has 0 bridgehead atoms. The highest BCUT2D eigenvalue weighted by Gasteiger charge is 2.29. The predicted octanol–water partition coefficient (Wildman–Crippen LogP) is 2.22. The van der Waals surface area contributed by atoms with Gasteiger partial charge in [-0.25, -0.2) is 0 Å². The number of nitrogens with one attached hydrogen (secondary N) is 2. The van der Waals surface area contributed by atoms with Gasteiger partial charge in [-0.05, 0) is 12.2 Å². The maximum atomic E-state index is 10.4. The topological polar surface area (TPSA) is 52.9 Å². The molecule has 1 rings (SSSR count). The molecule has 0 radical (unpaired) electrons. The van der Waals surface area contributed by atoms with E-state index in [2.05, 4.69) is 12.2 Å². The summed E-state index contributed by atoms with van der Waals surface area (Å²) in [5.74, 6) is 0.863. The van der Waals surface area contributed by atoms with E-state index in [9.17, 15) is 4.79 Å². The quantitative estimate of drug-likeness (QED) is 0.545. The molecule has 1 fully saturated rings. The summed E-state index contributed by atoms with van der Waals surface area (Å²) in [6.45, 7) is 2.19. The van der Waals surface area contributed by atoms with Gasteiger partial charge in [-0.2, -0.15) is 11.8 Å². The number of carbonyl (C=O) groups is 1. The molecule has 3 nitrogen and oxygen atoms in total. The second-order valence-electron chi connectivity index (χ2n) is 3.78. The first-order valence-corrected chi connectivity index (χ1v) is 6.37. The van der Waals surface area contributed by atoms with Crippen LogP contribution < -0.4 is 5.32 Å². The first-order valence-electron chi connectivity index (χ1n) is 5.32. The second kappa shape index (κ2) is 6.30. The zero-order valence-electron chi connectivity index (χ0n) is 8.66. The minimum atomic E-state index is -0.114. The van der Waals surface area contributed by atoms with Crippen LogP contribution in [0.25, 0.3) is 5.73 Å². The second-order valence-corrected chi connectivity index (χ2v) is 5.06. The van der Waals surface area contributed by atoms with Crippen molar-refractivity contribution in [2.24, 2.45) is 0 Å². The zero-order valence-corrected chi connectivity index (χ0v) is 9.48. The molecule has 0 aliphatic carbocycles. The van der Waals surface area contributed by atoms with E-state index in [1.807, 2.05) is 11.8 Å². The Morgan fingerprint density at radius 1 is 1.57 bits per heavy atom. The van der Waals surface area contributed by atoms with Crippen LogP contribution in [0.5, 0.6) is 0 Å². The van der Waals surface area contributed by atoms with Crippen LogP contribution in [-0.2, 0) is 4.79 Å². The van der Waals surface area contributed by atoms with Crippen LogP contribution in [0.1, 0.15) is 32.6 Å². The van der Waals surface area contributed by atoms with Crippen molar-refractivity contribution < 1.29 is 4.79 Å². The molecule has 3 atom stereocenters. The molecule has 2 N–H and O–H groups in total. The van der Waals surface area contributed by atoms with Crippen LogP contribution >= 0.6 is 11.8 Å². The molecule has 0 aromatic carbocycles. The van der Waals surface area contributed by atoms with Gasteiger partial charge < -0.3 is 11.1 Å². The van der Waals surface area contributed by atoms with Gasteiger partial charge in [0, 0.05) is 11.3 Å². The molecule has 14 heavy (non-hydrogen) atoms. The molecular formula is C10H19N2OS-. The van der Waals surface area contributed by atoms with Gasteiger partial charge >= 0.3 is 0 Å². The largest absolute Gasteiger partial charge is 0.672 e. The number of hydrogen-bond acceptors (Lipinski definition) is 2. The maximum absolute atomic E-state index is 10.4. The SMILES string of the molecule is CCCCCC1SC[C@@H]([NH-])[C@H]1NC=O. The van der Waals surface area contributed by atoms with Gasteiger partial charge in [0.1, 0.15) is 0 Å². The number of unbranched alkanes of at least 4 members (excludes halogenated alkanes) is 2. The van der Waals surface area contributed by atoms with Crippen molar-refractivity contribution in [1.29, 1.82) is 0 Å². The highest BCUT2D eigenvalue weighted by Crippen LogP contribution is 2.32. The Morgan fingerprint density at radius 2 is 2.36 bits per heavy atom. The summed E-state index contributed by atoms with van der Waals surface area (Å²) in [7, 11) is 0. The Hall–Kier alpha value is -0.220. The molecule has 0 saturated carbocycles. The highest BCUT2D eigenvalue weighted by atomic mass is 32.2. The fourth-order valence-electron chi connectivity index (χ4n) is 1.85. The van der Waals surface area contributed by atoms with Crippen molar-refractivity contribution in [2.75, 3.05) is 5.75 Å². The summed E-state index contributed by atoms with van der Waals surface area (Å²) in [4.78, 5) is 10.4. The van der Waals surface area contributed by atoms with Crippen LogP contribution in [0.15, 0.2) is 0 Å². The standard InChI is InChI=1S/C10H19N2OS/c1-2-3-4-5-9-10(12-7-13)8(11)6-14-9/h7-11H,2-6H2,1H3,(H,12,13)/q-1/t8-,9?,10-/m1/s1. The summed E-state index contributed by atoms with van der Waals surface area (Å²) in [6, 6.07) is -0.0359. The molecule has 1 unspecified atom stereocenters. The fraction of sp³-hybridized carbons (Fsp3) is 0.900. The number of thioether (sulfide) groups is 1. The highest BCUT2D eigenvalue weighted by molar-refractivity contribution is 8.00. The van der Waals surface area contributed by atoms with Crippen molar-refractivity contribution in [2.45, 2.75) is 49.9 Å². The molecule has 0 aromatic rings. The number of rotatable bonds is 6. The lowest BCUT2D eigenvalue weighted by Crippen LogP contribution is -2.40. The molecular weight excluding hydrogens is 196 g/mol. The van der Waals surface area contributed by atoms with Crippen molar-refractivity contribution in [3.05, 3.63) is 5.73 Å². The smallest absolute Gasteiger partial charge is 0.207 e. The van der Waals surface area contributed by atoms with Gasteiger partial charge in [-0.3, -0.25) is 4.79 Å². The Balaban J connectivity index is 2.31. The molecule has 1 aliphatic heterocycles. The number of amides is 1. The van der Waals surface area contributed by atoms with Gasteiger partial charge in [0.2, 0.25) is 6.41 Å². The summed E-state index contributed by atoms with van der Waals surface area (Å²) in [6.07, 6.45) is 5.59. The summed E-state index contributed by atoms with van der Waals surface area (Å²) < 4.78 is 0. The molecule has 1 amide bonds. The maximum Gasteiger partial charge on any atom is 0.207 e. The van der Waals surface area contributed by atoms with Crippen molar-refractivity contribution in [3.8, 4) is 0 Å². The van der Waals surface area contributed by atoms with Gasteiger partial charge in [-0.1, -0.05) is 26.2 Å². The van der Waals surface area contributed by atoms with Crippen molar-refractivity contribution in [3.63, 3.8) is 0 Å². The fourth-order valence-corrected chi connectivity index (χ4v) is 3.32. The van der Waals surface area contributed by atoms with E-state index in [0.29, 0.717) is 5.25 Å². The zero-order chi connectivity index (χ0) is 10.4. The minimum absolute atomic E-state index is 0.0781. The lowest BCUT2D eigenvalue weighted by atomic mass is 10.0. The van der Waals surface area contributed by atoms with Gasteiger partial charge in [-0.15, -0.1) is 6.04 Å². The molecule has 0 spiro atoms. The monoisotopic (exact) mass is 215 g/mol. The minimum Gasteiger partial charge on any atom is -0.672 e. The van der Waals surface area contributed by atoms with Crippen LogP contribution in [-0.4, -0.2) is 29.5 Å². The predicted molar refractivity (Wildman–Crippen MR) is 61.5 cm³/mol. The van der Waals surface area contributed by atoms with Crippen LogP contribution in [0.4, 0.5) is 0 Å². The van der Waals surface area contributed by atoms with Gasteiger partial charge in [0.25, 0.3) is 0 Å². The third kappa shape index (κ3) is 3.17. The van der Waals surface area contributed by atoms with E-state index in [1.165, 1.54) is 19.3 Å². The average molecular weight is 215 g/mol. The summed E-state index contributed by atoms with van der Waals surface area (Å²) in [5.41, 5.74) is 7.76. The lowest BCUT2D eigenvalue weighted by molar-refractivity contribution is -0.110. The van der Waals surface area contributed by atoms with E-state index in [1.54, 1.807) is 0 Å². The lowest BCUT2D eigenvalue weighted by Gasteiger charge is -2.25. The molecule has 0 aromatic heterocycles.